The number of halogens is 1. The molecule has 0 unspecified atom stereocenters. The van der Waals surface area contributed by atoms with Crippen molar-refractivity contribution in [3.05, 3.63) is 0 Å². The Bertz CT molecular complexity index is 476. The Kier molecular flexibility index (Phi) is 4.10. The summed E-state index contributed by atoms with van der Waals surface area (Å²) in [4.78, 5) is 12.8. The van der Waals surface area contributed by atoms with Crippen LogP contribution in [0.1, 0.15) is 78.1 Å². The standard InChI is InChI=1S/C20H32BrNO/c1-13-4-3-5-17(14(13)2)22-18(23)11-19-7-15-6-16(8-19)10-20(21,9-15)12-19/h13-17H,3-12H2,1-2H3,(H,22,23)/t13-,14+,15-,16-,17+,19?,20?/m1/s1. The van der Waals surface area contributed by atoms with E-state index in [1.54, 1.807) is 0 Å². The summed E-state index contributed by atoms with van der Waals surface area (Å²) in [6, 6.07) is 0.415. The molecule has 0 saturated heterocycles. The Morgan fingerprint density at radius 2 is 1.83 bits per heavy atom. The first-order chi connectivity index (χ1) is 10.9. The fourth-order valence-corrected chi connectivity index (χ4v) is 8.44. The van der Waals surface area contributed by atoms with E-state index in [9.17, 15) is 4.79 Å². The van der Waals surface area contributed by atoms with Crippen molar-refractivity contribution in [2.45, 2.75) is 88.4 Å². The Labute approximate surface area is 149 Å². The average molecular weight is 382 g/mol. The molecule has 0 aliphatic heterocycles. The lowest BCUT2D eigenvalue weighted by Crippen LogP contribution is -2.54. The summed E-state index contributed by atoms with van der Waals surface area (Å²) in [7, 11) is 0. The highest BCUT2D eigenvalue weighted by molar-refractivity contribution is 9.10. The molecule has 5 rings (SSSR count). The number of hydrogen-bond acceptors (Lipinski definition) is 1. The lowest BCUT2D eigenvalue weighted by atomic mass is 9.48. The summed E-state index contributed by atoms with van der Waals surface area (Å²) in [5.41, 5.74) is 0.307. The normalized spacial score (nSPS) is 51.7. The smallest absolute Gasteiger partial charge is 0.220 e. The molecule has 5 aliphatic carbocycles. The average Bonchev–Trinajstić information content (AvgIpc) is 2.40. The zero-order chi connectivity index (χ0) is 16.2. The summed E-state index contributed by atoms with van der Waals surface area (Å²) in [5.74, 6) is 3.47. The maximum atomic E-state index is 12.8. The van der Waals surface area contributed by atoms with E-state index < -0.39 is 0 Å². The molecule has 3 heteroatoms. The van der Waals surface area contributed by atoms with Crippen LogP contribution in [-0.2, 0) is 4.79 Å². The minimum absolute atomic E-state index is 0.307. The SMILES string of the molecule is C[C@H]1[C@H](C)CCC[C@@H]1NC(=O)CC12C[C@H]3C[C@@H](CC(Br)(C3)C1)C2. The largest absolute Gasteiger partial charge is 0.353 e. The lowest BCUT2D eigenvalue weighted by molar-refractivity contribution is -0.129. The van der Waals surface area contributed by atoms with Crippen LogP contribution in [0.2, 0.25) is 0 Å². The highest BCUT2D eigenvalue weighted by atomic mass is 79.9. The first kappa shape index (κ1) is 16.4. The van der Waals surface area contributed by atoms with E-state index >= 15 is 0 Å². The number of hydrogen-bond donors (Lipinski definition) is 1. The second-order valence-corrected chi connectivity index (χ2v) is 11.4. The maximum absolute atomic E-state index is 12.8. The molecule has 0 aromatic heterocycles. The van der Waals surface area contributed by atoms with Gasteiger partial charge in [0.15, 0.2) is 0 Å². The van der Waals surface area contributed by atoms with E-state index in [0.29, 0.717) is 27.6 Å². The topological polar surface area (TPSA) is 29.1 Å². The fourth-order valence-electron chi connectivity index (χ4n) is 6.93. The molecule has 5 atom stereocenters. The third-order valence-electron chi connectivity index (χ3n) is 7.70. The third-order valence-corrected chi connectivity index (χ3v) is 8.63. The number of rotatable bonds is 3. The summed E-state index contributed by atoms with van der Waals surface area (Å²) in [5, 5.41) is 3.43. The Morgan fingerprint density at radius 1 is 1.13 bits per heavy atom. The van der Waals surface area contributed by atoms with Gasteiger partial charge < -0.3 is 5.32 Å². The van der Waals surface area contributed by atoms with Gasteiger partial charge in [0.1, 0.15) is 0 Å². The predicted octanol–water partition coefficient (Wildman–Crippen LogP) is 5.05. The molecule has 5 aliphatic rings. The second-order valence-electron chi connectivity index (χ2n) is 9.73. The zero-order valence-corrected chi connectivity index (χ0v) is 16.3. The van der Waals surface area contributed by atoms with Crippen LogP contribution >= 0.6 is 15.9 Å². The van der Waals surface area contributed by atoms with Crippen LogP contribution in [0, 0.1) is 29.1 Å². The predicted molar refractivity (Wildman–Crippen MR) is 97.5 cm³/mol. The molecule has 1 N–H and O–H groups in total. The van der Waals surface area contributed by atoms with Crippen molar-refractivity contribution in [3.63, 3.8) is 0 Å². The number of carbonyl (C=O) groups is 1. The van der Waals surface area contributed by atoms with E-state index in [2.05, 4.69) is 35.1 Å². The van der Waals surface area contributed by atoms with Crippen molar-refractivity contribution < 1.29 is 4.79 Å². The van der Waals surface area contributed by atoms with Gasteiger partial charge in [0.25, 0.3) is 0 Å². The van der Waals surface area contributed by atoms with Crippen LogP contribution in [-0.4, -0.2) is 16.3 Å². The highest BCUT2D eigenvalue weighted by Gasteiger charge is 2.57. The molecule has 130 valence electrons. The molecule has 4 bridgehead atoms. The minimum atomic E-state index is 0.307. The van der Waals surface area contributed by atoms with Gasteiger partial charge >= 0.3 is 0 Å². The molecule has 0 aromatic rings. The first-order valence-electron chi connectivity index (χ1n) is 9.85. The van der Waals surface area contributed by atoms with E-state index in [0.717, 1.165) is 24.2 Å². The summed E-state index contributed by atoms with van der Waals surface area (Å²) in [6.45, 7) is 4.67. The van der Waals surface area contributed by atoms with Gasteiger partial charge in [-0.2, -0.15) is 0 Å². The van der Waals surface area contributed by atoms with Crippen molar-refractivity contribution >= 4 is 21.8 Å². The van der Waals surface area contributed by atoms with Crippen molar-refractivity contribution in [2.24, 2.45) is 29.1 Å². The van der Waals surface area contributed by atoms with E-state index in [1.807, 2.05) is 0 Å². The van der Waals surface area contributed by atoms with E-state index in [4.69, 9.17) is 0 Å². The number of carbonyl (C=O) groups excluding carboxylic acids is 1. The molecule has 1 amide bonds. The molecular weight excluding hydrogens is 350 g/mol. The highest BCUT2D eigenvalue weighted by Crippen LogP contribution is 2.65. The lowest BCUT2D eigenvalue weighted by Gasteiger charge is -2.60. The summed E-state index contributed by atoms with van der Waals surface area (Å²) in [6.07, 6.45) is 12.5. The van der Waals surface area contributed by atoms with Crippen molar-refractivity contribution in [1.82, 2.24) is 5.32 Å². The Balaban J connectivity index is 1.41. The van der Waals surface area contributed by atoms with Crippen LogP contribution in [0.25, 0.3) is 0 Å². The van der Waals surface area contributed by atoms with Gasteiger partial charge in [-0.1, -0.05) is 42.6 Å². The van der Waals surface area contributed by atoms with Crippen LogP contribution in [0.3, 0.4) is 0 Å². The van der Waals surface area contributed by atoms with Gasteiger partial charge in [0, 0.05) is 16.8 Å². The van der Waals surface area contributed by atoms with Gasteiger partial charge in [-0.25, -0.2) is 0 Å². The van der Waals surface area contributed by atoms with Crippen LogP contribution in [0.5, 0.6) is 0 Å². The number of nitrogens with one attached hydrogen (secondary N) is 1. The number of amides is 1. The molecular formula is C20H32BrNO. The molecule has 5 saturated carbocycles. The summed E-state index contributed by atoms with van der Waals surface area (Å²) < 4.78 is 0.365. The molecule has 5 fully saturated rings. The van der Waals surface area contributed by atoms with Crippen LogP contribution < -0.4 is 5.32 Å². The van der Waals surface area contributed by atoms with Crippen LogP contribution in [0.15, 0.2) is 0 Å². The third kappa shape index (κ3) is 3.12. The molecule has 0 radical (unpaired) electrons. The van der Waals surface area contributed by atoms with E-state index in [-0.39, 0.29) is 0 Å². The van der Waals surface area contributed by atoms with Gasteiger partial charge in [-0.05, 0) is 74.0 Å². The van der Waals surface area contributed by atoms with Gasteiger partial charge in [0.2, 0.25) is 5.91 Å². The quantitative estimate of drug-likeness (QED) is 0.680. The Hall–Kier alpha value is -0.0500. The summed E-state index contributed by atoms with van der Waals surface area (Å²) >= 11 is 4.07. The van der Waals surface area contributed by atoms with Gasteiger partial charge in [0.05, 0.1) is 0 Å². The first-order valence-corrected chi connectivity index (χ1v) is 10.6. The molecule has 0 spiro atoms. The second kappa shape index (κ2) is 5.75. The Morgan fingerprint density at radius 3 is 2.48 bits per heavy atom. The monoisotopic (exact) mass is 381 g/mol. The van der Waals surface area contributed by atoms with Crippen molar-refractivity contribution in [2.75, 3.05) is 0 Å². The zero-order valence-electron chi connectivity index (χ0n) is 14.7. The minimum Gasteiger partial charge on any atom is -0.353 e. The molecule has 2 nitrogen and oxygen atoms in total. The van der Waals surface area contributed by atoms with Crippen LogP contribution in [0.4, 0.5) is 0 Å². The maximum Gasteiger partial charge on any atom is 0.220 e. The number of alkyl halides is 1. The van der Waals surface area contributed by atoms with Gasteiger partial charge in [-0.15, -0.1) is 0 Å². The fraction of sp³-hybridized carbons (Fsp3) is 0.950. The molecule has 0 heterocycles. The molecule has 0 aromatic carbocycles. The van der Waals surface area contributed by atoms with Crippen molar-refractivity contribution in [1.29, 1.82) is 0 Å². The van der Waals surface area contributed by atoms with Crippen molar-refractivity contribution in [3.8, 4) is 0 Å². The molecule has 23 heavy (non-hydrogen) atoms. The van der Waals surface area contributed by atoms with Gasteiger partial charge in [-0.3, -0.25) is 4.79 Å². The van der Waals surface area contributed by atoms with E-state index in [1.165, 1.54) is 57.8 Å².